The van der Waals surface area contributed by atoms with Crippen LogP contribution in [-0.2, 0) is 6.18 Å². The second-order valence-electron chi connectivity index (χ2n) is 4.20. The zero-order valence-corrected chi connectivity index (χ0v) is 10.1. The third-order valence-corrected chi connectivity index (χ3v) is 2.63. The largest absolute Gasteiger partial charge is 0.416 e. The van der Waals surface area contributed by atoms with Gasteiger partial charge < -0.3 is 10.4 Å². The summed E-state index contributed by atoms with van der Waals surface area (Å²) >= 11 is 0. The Labute approximate surface area is 107 Å². The summed E-state index contributed by atoms with van der Waals surface area (Å²) in [6.07, 6.45) is -4.54. The van der Waals surface area contributed by atoms with Crippen molar-refractivity contribution in [2.24, 2.45) is 0 Å². The van der Waals surface area contributed by atoms with Crippen molar-refractivity contribution >= 4 is 0 Å². The van der Waals surface area contributed by atoms with Gasteiger partial charge in [-0.2, -0.15) is 13.2 Å². The molecule has 1 unspecified atom stereocenters. The van der Waals surface area contributed by atoms with Crippen molar-refractivity contribution in [3.05, 3.63) is 35.4 Å². The summed E-state index contributed by atoms with van der Waals surface area (Å²) in [4.78, 5) is 0. The van der Waals surface area contributed by atoms with Crippen LogP contribution in [0.2, 0.25) is 0 Å². The summed E-state index contributed by atoms with van der Waals surface area (Å²) in [6.45, 7) is -0.886. The molecule has 0 fully saturated rings. The summed E-state index contributed by atoms with van der Waals surface area (Å²) < 4.78 is 63.9. The van der Waals surface area contributed by atoms with E-state index in [0.717, 1.165) is 6.07 Å². The van der Waals surface area contributed by atoms with Crippen LogP contribution in [0.25, 0.3) is 0 Å². The maximum Gasteiger partial charge on any atom is 0.416 e. The van der Waals surface area contributed by atoms with Crippen LogP contribution in [0.15, 0.2) is 24.3 Å². The molecule has 0 aliphatic heterocycles. The van der Waals surface area contributed by atoms with E-state index in [4.69, 9.17) is 5.11 Å². The van der Waals surface area contributed by atoms with E-state index >= 15 is 0 Å². The van der Waals surface area contributed by atoms with Crippen LogP contribution in [0.4, 0.5) is 22.0 Å². The Morgan fingerprint density at radius 2 is 1.74 bits per heavy atom. The van der Waals surface area contributed by atoms with E-state index in [9.17, 15) is 22.0 Å². The predicted octanol–water partition coefficient (Wildman–Crippen LogP) is 2.98. The Morgan fingerprint density at radius 3 is 2.26 bits per heavy atom. The minimum Gasteiger partial charge on any atom is -0.390 e. The lowest BCUT2D eigenvalue weighted by Gasteiger charge is -2.22. The number of aliphatic hydroxyl groups is 1. The fourth-order valence-electron chi connectivity index (χ4n) is 1.60. The molecule has 0 aliphatic carbocycles. The quantitative estimate of drug-likeness (QED) is 0.814. The first kappa shape index (κ1) is 15.8. The second-order valence-corrected chi connectivity index (χ2v) is 4.20. The normalized spacial score (nSPS) is 14.5. The lowest BCUT2D eigenvalue weighted by Crippen LogP contribution is -2.37. The molecule has 1 atom stereocenters. The Morgan fingerprint density at radius 1 is 1.16 bits per heavy atom. The molecule has 0 bridgehead atoms. The average molecular weight is 283 g/mol. The lowest BCUT2D eigenvalue weighted by atomic mass is 10.0. The SMILES string of the molecule is CC(NCC(F)(F)CO)c1ccccc1C(F)(F)F. The zero-order chi connectivity index (χ0) is 14.7. The molecule has 2 N–H and O–H groups in total. The molecule has 0 amide bonds. The highest BCUT2D eigenvalue weighted by Gasteiger charge is 2.35. The highest BCUT2D eigenvalue weighted by Crippen LogP contribution is 2.34. The van der Waals surface area contributed by atoms with Crippen LogP contribution in [0, 0.1) is 0 Å². The summed E-state index contributed by atoms with van der Waals surface area (Å²) in [5.74, 6) is -3.36. The van der Waals surface area contributed by atoms with Crippen molar-refractivity contribution in [2.75, 3.05) is 13.2 Å². The standard InChI is InChI=1S/C12H14F5NO/c1-8(18-6-11(13,14)7-19)9-4-2-3-5-10(9)12(15,16)17/h2-5,8,18-19H,6-7H2,1H3. The number of alkyl halides is 5. The van der Waals surface area contributed by atoms with E-state index in [1.807, 2.05) is 0 Å². The number of rotatable bonds is 5. The van der Waals surface area contributed by atoms with Crippen molar-refractivity contribution in [3.63, 3.8) is 0 Å². The van der Waals surface area contributed by atoms with Crippen LogP contribution in [0.3, 0.4) is 0 Å². The molecule has 1 aromatic rings. The van der Waals surface area contributed by atoms with E-state index < -0.39 is 36.9 Å². The molecule has 0 aliphatic rings. The highest BCUT2D eigenvalue weighted by molar-refractivity contribution is 5.32. The van der Waals surface area contributed by atoms with Crippen molar-refractivity contribution < 1.29 is 27.1 Å². The van der Waals surface area contributed by atoms with Crippen LogP contribution in [0.1, 0.15) is 24.1 Å². The van der Waals surface area contributed by atoms with E-state index in [1.165, 1.54) is 25.1 Å². The van der Waals surface area contributed by atoms with E-state index in [2.05, 4.69) is 5.32 Å². The van der Waals surface area contributed by atoms with Gasteiger partial charge in [0.2, 0.25) is 0 Å². The highest BCUT2D eigenvalue weighted by atomic mass is 19.4. The molecule has 0 saturated carbocycles. The van der Waals surface area contributed by atoms with Gasteiger partial charge in [-0.25, -0.2) is 8.78 Å². The lowest BCUT2D eigenvalue weighted by molar-refractivity contribution is -0.138. The monoisotopic (exact) mass is 283 g/mol. The third kappa shape index (κ3) is 4.43. The predicted molar refractivity (Wildman–Crippen MR) is 59.9 cm³/mol. The molecule has 108 valence electrons. The van der Waals surface area contributed by atoms with E-state index in [-0.39, 0.29) is 5.56 Å². The first-order chi connectivity index (χ1) is 8.67. The first-order valence-electron chi connectivity index (χ1n) is 5.55. The number of halogens is 5. The molecule has 19 heavy (non-hydrogen) atoms. The number of hydrogen-bond acceptors (Lipinski definition) is 2. The topological polar surface area (TPSA) is 32.3 Å². The number of aliphatic hydroxyl groups excluding tert-OH is 1. The van der Waals surface area contributed by atoms with Crippen molar-refractivity contribution in [1.29, 1.82) is 0 Å². The average Bonchev–Trinajstić information content (AvgIpc) is 2.35. The summed E-state index contributed by atoms with van der Waals surface area (Å²) in [5, 5.41) is 10.7. The van der Waals surface area contributed by atoms with Crippen molar-refractivity contribution in [2.45, 2.75) is 25.1 Å². The Balaban J connectivity index is 2.86. The Bertz CT molecular complexity index is 419. The molecule has 0 heterocycles. The van der Waals surface area contributed by atoms with Crippen molar-refractivity contribution in [1.82, 2.24) is 5.32 Å². The molecule has 1 aromatic carbocycles. The number of hydrogen-bond donors (Lipinski definition) is 2. The van der Waals surface area contributed by atoms with Crippen LogP contribution in [0.5, 0.6) is 0 Å². The van der Waals surface area contributed by atoms with Gasteiger partial charge in [-0.05, 0) is 18.6 Å². The fraction of sp³-hybridized carbons (Fsp3) is 0.500. The number of nitrogens with one attached hydrogen (secondary N) is 1. The van der Waals surface area contributed by atoms with Gasteiger partial charge in [0.25, 0.3) is 5.92 Å². The zero-order valence-electron chi connectivity index (χ0n) is 10.1. The molecule has 7 heteroatoms. The Hall–Kier alpha value is -1.21. The van der Waals surface area contributed by atoms with E-state index in [0.29, 0.717) is 0 Å². The fourth-order valence-corrected chi connectivity index (χ4v) is 1.60. The molecule has 2 nitrogen and oxygen atoms in total. The van der Waals surface area contributed by atoms with Gasteiger partial charge in [0.1, 0.15) is 6.61 Å². The molecule has 0 aromatic heterocycles. The number of benzene rings is 1. The van der Waals surface area contributed by atoms with Gasteiger partial charge in [-0.1, -0.05) is 18.2 Å². The first-order valence-corrected chi connectivity index (χ1v) is 5.55. The van der Waals surface area contributed by atoms with Gasteiger partial charge in [-0.15, -0.1) is 0 Å². The maximum absolute atomic E-state index is 12.8. The minimum absolute atomic E-state index is 0.108. The van der Waals surface area contributed by atoms with Gasteiger partial charge >= 0.3 is 6.18 Å². The van der Waals surface area contributed by atoms with Crippen molar-refractivity contribution in [3.8, 4) is 0 Å². The van der Waals surface area contributed by atoms with Crippen LogP contribution < -0.4 is 5.32 Å². The van der Waals surface area contributed by atoms with Crippen LogP contribution in [-0.4, -0.2) is 24.2 Å². The van der Waals surface area contributed by atoms with Gasteiger partial charge in [-0.3, -0.25) is 0 Å². The third-order valence-electron chi connectivity index (χ3n) is 2.63. The van der Waals surface area contributed by atoms with E-state index in [1.54, 1.807) is 0 Å². The van der Waals surface area contributed by atoms with Gasteiger partial charge in [0.05, 0.1) is 12.1 Å². The second kappa shape index (κ2) is 5.83. The minimum atomic E-state index is -4.54. The Kier molecular flexibility index (Phi) is 4.86. The molecular weight excluding hydrogens is 269 g/mol. The molecule has 1 rings (SSSR count). The smallest absolute Gasteiger partial charge is 0.390 e. The van der Waals surface area contributed by atoms with Gasteiger partial charge in [0, 0.05) is 6.04 Å². The molecule has 0 radical (unpaired) electrons. The maximum atomic E-state index is 12.8. The van der Waals surface area contributed by atoms with Crippen LogP contribution >= 0.6 is 0 Å². The summed E-state index contributed by atoms with van der Waals surface area (Å²) in [6, 6.07) is 3.87. The molecule has 0 saturated heterocycles. The summed E-state index contributed by atoms with van der Waals surface area (Å²) in [7, 11) is 0. The summed E-state index contributed by atoms with van der Waals surface area (Å²) in [5.41, 5.74) is -0.967. The molecular formula is C12H14F5NO. The van der Waals surface area contributed by atoms with Gasteiger partial charge in [0.15, 0.2) is 0 Å². The molecule has 0 spiro atoms.